The molecule has 0 unspecified atom stereocenters. The first-order valence-electron chi connectivity index (χ1n) is 9.31. The van der Waals surface area contributed by atoms with Crippen LogP contribution < -0.4 is 11.2 Å². The van der Waals surface area contributed by atoms with E-state index in [4.69, 9.17) is 4.99 Å². The Hall–Kier alpha value is -1.85. The third-order valence-electron chi connectivity index (χ3n) is 7.07. The largest absolute Gasteiger partial charge is 0.494 e. The van der Waals surface area contributed by atoms with E-state index in [0.717, 1.165) is 25.7 Å². The normalized spacial score (nSPS) is 30.4. The standard InChI is InChI=1S/C19H29N3O3/c1-5-6-9-22-16(24)13(15(23)21-17(22)25)11-20-14-10-12-7-8-19(14,4)18(12,2)3/h11-12,14,24H,5-10H2,1-4H3,(H,21,23,25)/t12-,14+,19-/m1/s1. The van der Waals surface area contributed by atoms with E-state index in [2.05, 4.69) is 25.8 Å². The van der Waals surface area contributed by atoms with Gasteiger partial charge in [0.15, 0.2) is 0 Å². The molecular weight excluding hydrogens is 318 g/mol. The number of aliphatic imine (C=N–C) groups is 1. The van der Waals surface area contributed by atoms with Gasteiger partial charge in [0.1, 0.15) is 5.56 Å². The van der Waals surface area contributed by atoms with Gasteiger partial charge in [0.25, 0.3) is 5.56 Å². The zero-order valence-corrected chi connectivity index (χ0v) is 15.6. The van der Waals surface area contributed by atoms with Gasteiger partial charge in [-0.15, -0.1) is 0 Å². The highest BCUT2D eigenvalue weighted by atomic mass is 16.3. The van der Waals surface area contributed by atoms with E-state index >= 15 is 0 Å². The van der Waals surface area contributed by atoms with Crippen molar-refractivity contribution in [2.24, 2.45) is 21.7 Å². The quantitative estimate of drug-likeness (QED) is 0.803. The number of hydrogen-bond donors (Lipinski definition) is 2. The number of unbranched alkanes of at least 4 members (excludes halogenated alkanes) is 1. The summed E-state index contributed by atoms with van der Waals surface area (Å²) in [5.41, 5.74) is -0.705. The SMILES string of the molecule is CCCCn1c(O)c(C=N[C@H]2C[C@H]3CC[C@@]2(C)C3(C)C)c(=O)[nH]c1=O. The van der Waals surface area contributed by atoms with Crippen molar-refractivity contribution >= 4 is 6.21 Å². The van der Waals surface area contributed by atoms with Crippen LogP contribution >= 0.6 is 0 Å². The molecule has 0 radical (unpaired) electrons. The van der Waals surface area contributed by atoms with Gasteiger partial charge in [-0.25, -0.2) is 4.79 Å². The van der Waals surface area contributed by atoms with Gasteiger partial charge < -0.3 is 5.11 Å². The molecule has 0 aliphatic heterocycles. The first kappa shape index (κ1) is 18.0. The number of nitrogens with zero attached hydrogens (tertiary/aromatic N) is 2. The van der Waals surface area contributed by atoms with E-state index in [1.165, 1.54) is 17.2 Å². The van der Waals surface area contributed by atoms with Crippen molar-refractivity contribution < 1.29 is 5.11 Å². The molecule has 2 N–H and O–H groups in total. The maximum absolute atomic E-state index is 12.1. The molecule has 2 bridgehead atoms. The van der Waals surface area contributed by atoms with E-state index in [1.54, 1.807) is 0 Å². The molecular formula is C19H29N3O3. The lowest BCUT2D eigenvalue weighted by Gasteiger charge is -2.37. The lowest BCUT2D eigenvalue weighted by molar-refractivity contribution is 0.137. The van der Waals surface area contributed by atoms with Crippen LogP contribution in [0.15, 0.2) is 14.6 Å². The lowest BCUT2D eigenvalue weighted by atomic mass is 9.69. The van der Waals surface area contributed by atoms with Gasteiger partial charge in [-0.05, 0) is 42.4 Å². The molecule has 1 heterocycles. The number of aromatic amines is 1. The summed E-state index contributed by atoms with van der Waals surface area (Å²) in [7, 11) is 0. The Morgan fingerprint density at radius 2 is 2.08 bits per heavy atom. The number of aromatic hydroxyl groups is 1. The molecule has 2 aliphatic rings. The van der Waals surface area contributed by atoms with Gasteiger partial charge in [-0.2, -0.15) is 0 Å². The second-order valence-electron chi connectivity index (χ2n) is 8.41. The summed E-state index contributed by atoms with van der Waals surface area (Å²) in [6.45, 7) is 9.31. The zero-order valence-electron chi connectivity index (χ0n) is 15.6. The Balaban J connectivity index is 1.93. The molecule has 138 valence electrons. The molecule has 1 aromatic rings. The molecule has 6 heteroatoms. The first-order chi connectivity index (χ1) is 11.7. The fourth-order valence-corrected chi connectivity index (χ4v) is 4.77. The van der Waals surface area contributed by atoms with Crippen LogP contribution in [0.1, 0.15) is 65.4 Å². The van der Waals surface area contributed by atoms with Gasteiger partial charge >= 0.3 is 5.69 Å². The number of fused-ring (bicyclic) bond motifs is 2. The summed E-state index contributed by atoms with van der Waals surface area (Å²) < 4.78 is 1.22. The van der Waals surface area contributed by atoms with Gasteiger partial charge in [-0.1, -0.05) is 34.1 Å². The summed E-state index contributed by atoms with van der Waals surface area (Å²) >= 11 is 0. The van der Waals surface area contributed by atoms with Gasteiger partial charge in [0.2, 0.25) is 5.88 Å². The van der Waals surface area contributed by atoms with Crippen LogP contribution in [0.5, 0.6) is 5.88 Å². The van der Waals surface area contributed by atoms with Crippen molar-refractivity contribution in [1.29, 1.82) is 0 Å². The summed E-state index contributed by atoms with van der Waals surface area (Å²) in [5, 5.41) is 10.4. The fourth-order valence-electron chi connectivity index (χ4n) is 4.77. The second kappa shape index (κ2) is 6.15. The number of H-pyrrole nitrogens is 1. The van der Waals surface area contributed by atoms with Crippen LogP contribution in [-0.4, -0.2) is 26.9 Å². The molecule has 0 spiro atoms. The van der Waals surface area contributed by atoms with E-state index in [0.29, 0.717) is 12.5 Å². The first-order valence-corrected chi connectivity index (χ1v) is 9.31. The van der Waals surface area contributed by atoms with Gasteiger partial charge in [-0.3, -0.25) is 19.3 Å². The third kappa shape index (κ3) is 2.66. The molecule has 0 aromatic carbocycles. The average molecular weight is 347 g/mol. The van der Waals surface area contributed by atoms with Gasteiger partial charge in [0.05, 0.1) is 6.04 Å². The monoisotopic (exact) mass is 347 g/mol. The molecule has 25 heavy (non-hydrogen) atoms. The minimum atomic E-state index is -0.577. The summed E-state index contributed by atoms with van der Waals surface area (Å²) in [6, 6.07) is 0.149. The van der Waals surface area contributed by atoms with E-state index < -0.39 is 11.2 Å². The lowest BCUT2D eigenvalue weighted by Crippen LogP contribution is -2.35. The van der Waals surface area contributed by atoms with E-state index in [-0.39, 0.29) is 28.3 Å². The molecule has 0 saturated heterocycles. The van der Waals surface area contributed by atoms with Crippen LogP contribution in [0.3, 0.4) is 0 Å². The summed E-state index contributed by atoms with van der Waals surface area (Å²) in [4.78, 5) is 31.0. The van der Waals surface area contributed by atoms with Crippen LogP contribution in [-0.2, 0) is 6.54 Å². The third-order valence-corrected chi connectivity index (χ3v) is 7.07. The molecule has 0 amide bonds. The van der Waals surface area contributed by atoms with Crippen molar-refractivity contribution in [1.82, 2.24) is 9.55 Å². The Kier molecular flexibility index (Phi) is 4.41. The molecule has 1 aromatic heterocycles. The Bertz CT molecular complexity index is 805. The van der Waals surface area contributed by atoms with Crippen LogP contribution in [0.25, 0.3) is 0 Å². The van der Waals surface area contributed by atoms with Crippen LogP contribution in [0, 0.1) is 16.7 Å². The summed E-state index contributed by atoms with van der Waals surface area (Å²) in [5.74, 6) is 0.378. The van der Waals surface area contributed by atoms with Crippen molar-refractivity contribution in [3.8, 4) is 5.88 Å². The van der Waals surface area contributed by atoms with Crippen LogP contribution in [0.2, 0.25) is 0 Å². The van der Waals surface area contributed by atoms with Crippen molar-refractivity contribution in [2.75, 3.05) is 0 Å². The topological polar surface area (TPSA) is 87.4 Å². The van der Waals surface area contributed by atoms with E-state index in [9.17, 15) is 14.7 Å². The van der Waals surface area contributed by atoms with Crippen molar-refractivity contribution in [3.05, 3.63) is 26.4 Å². The van der Waals surface area contributed by atoms with Crippen molar-refractivity contribution in [2.45, 2.75) is 72.4 Å². The Morgan fingerprint density at radius 1 is 1.36 bits per heavy atom. The zero-order chi connectivity index (χ0) is 18.4. The predicted molar refractivity (Wildman–Crippen MR) is 98.5 cm³/mol. The molecule has 6 nitrogen and oxygen atoms in total. The maximum atomic E-state index is 12.1. The second-order valence-corrected chi connectivity index (χ2v) is 8.41. The number of rotatable bonds is 5. The molecule has 2 fully saturated rings. The average Bonchev–Trinajstić information content (AvgIpc) is 2.87. The number of hydrogen-bond acceptors (Lipinski definition) is 4. The Labute approximate surface area is 148 Å². The highest BCUT2D eigenvalue weighted by molar-refractivity contribution is 5.82. The summed E-state index contributed by atoms with van der Waals surface area (Å²) in [6.07, 6.45) is 6.53. The van der Waals surface area contributed by atoms with Crippen LogP contribution in [0.4, 0.5) is 0 Å². The predicted octanol–water partition coefficient (Wildman–Crippen LogP) is 2.68. The highest BCUT2D eigenvalue weighted by Gasteiger charge is 2.61. The molecule has 2 aliphatic carbocycles. The number of nitrogens with one attached hydrogen (secondary N) is 1. The number of aromatic nitrogens is 2. The minimum absolute atomic E-state index is 0.0832. The van der Waals surface area contributed by atoms with E-state index in [1.807, 2.05) is 6.92 Å². The highest BCUT2D eigenvalue weighted by Crippen LogP contribution is 2.66. The molecule has 3 atom stereocenters. The molecule has 2 saturated carbocycles. The molecule has 3 rings (SSSR count). The minimum Gasteiger partial charge on any atom is -0.494 e. The smallest absolute Gasteiger partial charge is 0.331 e. The fraction of sp³-hybridized carbons (Fsp3) is 0.737. The van der Waals surface area contributed by atoms with Crippen molar-refractivity contribution in [3.63, 3.8) is 0 Å². The maximum Gasteiger partial charge on any atom is 0.331 e. The Morgan fingerprint density at radius 3 is 2.64 bits per heavy atom. The van der Waals surface area contributed by atoms with Gasteiger partial charge in [0, 0.05) is 12.8 Å².